The second-order valence-corrected chi connectivity index (χ2v) is 8.74. The summed E-state index contributed by atoms with van der Waals surface area (Å²) in [4.78, 5) is 4.42. The Labute approximate surface area is 122 Å². The summed E-state index contributed by atoms with van der Waals surface area (Å²) in [7, 11) is -2.95. The van der Waals surface area contributed by atoms with Gasteiger partial charge >= 0.3 is 0 Å². The first kappa shape index (κ1) is 15.6. The van der Waals surface area contributed by atoms with Crippen LogP contribution in [0.15, 0.2) is 4.99 Å². The van der Waals surface area contributed by atoms with Crippen LogP contribution in [0.2, 0.25) is 0 Å². The molecule has 0 amide bonds. The second-order valence-electron chi connectivity index (χ2n) is 6.60. The number of hydrogen-bond donors (Lipinski definition) is 2. The van der Waals surface area contributed by atoms with E-state index in [0.29, 0.717) is 18.5 Å². The van der Waals surface area contributed by atoms with Gasteiger partial charge in [-0.3, -0.25) is 4.99 Å². The van der Waals surface area contributed by atoms with Crippen molar-refractivity contribution in [3.8, 4) is 0 Å². The number of hydrogen-bond acceptors (Lipinski definition) is 3. The number of guanidine groups is 1. The fourth-order valence-electron chi connectivity index (χ4n) is 3.34. The highest BCUT2D eigenvalue weighted by molar-refractivity contribution is 7.90. The Morgan fingerprint density at radius 3 is 2.40 bits per heavy atom. The van der Waals surface area contributed by atoms with E-state index in [1.165, 1.54) is 25.5 Å². The molecular formula is C14H27N3O2S. The maximum atomic E-state index is 11.5. The van der Waals surface area contributed by atoms with E-state index >= 15 is 0 Å². The predicted molar refractivity (Wildman–Crippen MR) is 82.5 cm³/mol. The van der Waals surface area contributed by atoms with Crippen molar-refractivity contribution in [2.75, 3.05) is 18.6 Å². The Hall–Kier alpha value is -0.780. The Balaban J connectivity index is 1.86. The van der Waals surface area contributed by atoms with E-state index < -0.39 is 9.84 Å². The fraction of sp³-hybridized carbons (Fsp3) is 0.929. The van der Waals surface area contributed by atoms with Crippen LogP contribution in [0.3, 0.4) is 0 Å². The summed E-state index contributed by atoms with van der Waals surface area (Å²) < 4.78 is 23.0. The summed E-state index contributed by atoms with van der Waals surface area (Å²) in [6.45, 7) is 0.533. The van der Waals surface area contributed by atoms with Crippen molar-refractivity contribution in [3.63, 3.8) is 0 Å². The Morgan fingerprint density at radius 2 is 1.90 bits per heavy atom. The lowest BCUT2D eigenvalue weighted by Crippen LogP contribution is -2.44. The van der Waals surface area contributed by atoms with Crippen molar-refractivity contribution >= 4 is 15.8 Å². The standard InChI is InChI=1S/C14H27N3O2S/c1-20(18,19)11-14(8-5-9-14)10-16-13(15)17-12-6-3-2-4-7-12/h12H,2-11H2,1H3,(H3,15,16,17). The van der Waals surface area contributed by atoms with Crippen LogP contribution in [0.5, 0.6) is 0 Å². The first-order valence-corrected chi connectivity index (χ1v) is 9.69. The minimum Gasteiger partial charge on any atom is -0.370 e. The SMILES string of the molecule is CS(=O)(=O)CC1(CN=C(N)NC2CCCCC2)CCC1. The fourth-order valence-corrected chi connectivity index (χ4v) is 4.83. The summed E-state index contributed by atoms with van der Waals surface area (Å²) >= 11 is 0. The van der Waals surface area contributed by atoms with Crippen LogP contribution in [0.1, 0.15) is 51.4 Å². The molecule has 0 saturated heterocycles. The largest absolute Gasteiger partial charge is 0.370 e. The third kappa shape index (κ3) is 4.65. The zero-order valence-corrected chi connectivity index (χ0v) is 13.2. The average molecular weight is 301 g/mol. The van der Waals surface area contributed by atoms with Crippen LogP contribution in [-0.2, 0) is 9.84 Å². The number of nitrogens with one attached hydrogen (secondary N) is 1. The van der Waals surface area contributed by atoms with Crippen LogP contribution in [0, 0.1) is 5.41 Å². The molecule has 2 saturated carbocycles. The molecule has 2 rings (SSSR count). The molecule has 0 radical (unpaired) electrons. The molecule has 2 aliphatic carbocycles. The molecule has 6 heteroatoms. The lowest BCUT2D eigenvalue weighted by atomic mass is 9.70. The van der Waals surface area contributed by atoms with Gasteiger partial charge in [0.25, 0.3) is 0 Å². The molecule has 116 valence electrons. The normalized spacial score (nSPS) is 24.1. The maximum absolute atomic E-state index is 11.5. The van der Waals surface area contributed by atoms with E-state index in [2.05, 4.69) is 10.3 Å². The van der Waals surface area contributed by atoms with E-state index in [-0.39, 0.29) is 11.2 Å². The van der Waals surface area contributed by atoms with E-state index in [1.54, 1.807) is 0 Å². The van der Waals surface area contributed by atoms with Gasteiger partial charge in [0, 0.05) is 24.3 Å². The van der Waals surface area contributed by atoms with Gasteiger partial charge in [-0.05, 0) is 25.7 Å². The van der Waals surface area contributed by atoms with Gasteiger partial charge in [-0.2, -0.15) is 0 Å². The Kier molecular flexibility index (Phi) is 4.94. The predicted octanol–water partition coefficient (Wildman–Crippen LogP) is 1.44. The number of rotatable bonds is 5. The number of nitrogens with zero attached hydrogens (tertiary/aromatic N) is 1. The highest BCUT2D eigenvalue weighted by atomic mass is 32.2. The van der Waals surface area contributed by atoms with Crippen molar-refractivity contribution in [3.05, 3.63) is 0 Å². The third-order valence-corrected chi connectivity index (χ3v) is 5.66. The average Bonchev–Trinajstić information content (AvgIpc) is 2.32. The van der Waals surface area contributed by atoms with Gasteiger partial charge in [-0.15, -0.1) is 0 Å². The zero-order valence-electron chi connectivity index (χ0n) is 12.4. The van der Waals surface area contributed by atoms with Crippen molar-refractivity contribution < 1.29 is 8.42 Å². The van der Waals surface area contributed by atoms with Crippen molar-refractivity contribution in [1.29, 1.82) is 0 Å². The first-order valence-electron chi connectivity index (χ1n) is 7.63. The smallest absolute Gasteiger partial charge is 0.188 e. The van der Waals surface area contributed by atoms with E-state index in [0.717, 1.165) is 32.1 Å². The first-order chi connectivity index (χ1) is 9.39. The minimum atomic E-state index is -2.95. The Morgan fingerprint density at radius 1 is 1.25 bits per heavy atom. The van der Waals surface area contributed by atoms with Crippen LogP contribution in [-0.4, -0.2) is 39.0 Å². The van der Waals surface area contributed by atoms with Crippen LogP contribution >= 0.6 is 0 Å². The van der Waals surface area contributed by atoms with Gasteiger partial charge in [-0.1, -0.05) is 25.7 Å². The molecular weight excluding hydrogens is 274 g/mol. The lowest BCUT2D eigenvalue weighted by Gasteiger charge is -2.40. The summed E-state index contributed by atoms with van der Waals surface area (Å²) in [5.41, 5.74) is 5.78. The van der Waals surface area contributed by atoms with E-state index in [1.807, 2.05) is 0 Å². The van der Waals surface area contributed by atoms with Crippen LogP contribution < -0.4 is 11.1 Å². The topological polar surface area (TPSA) is 84.5 Å². The van der Waals surface area contributed by atoms with Gasteiger partial charge in [0.2, 0.25) is 0 Å². The minimum absolute atomic E-state index is 0.160. The van der Waals surface area contributed by atoms with Crippen molar-refractivity contribution in [2.24, 2.45) is 16.1 Å². The summed E-state index contributed by atoms with van der Waals surface area (Å²) in [6.07, 6.45) is 10.4. The van der Waals surface area contributed by atoms with Gasteiger partial charge in [0.15, 0.2) is 5.96 Å². The monoisotopic (exact) mass is 301 g/mol. The number of sulfone groups is 1. The third-order valence-electron chi connectivity index (χ3n) is 4.52. The molecule has 0 aromatic carbocycles. The molecule has 0 aromatic heterocycles. The van der Waals surface area contributed by atoms with Crippen molar-refractivity contribution in [2.45, 2.75) is 57.4 Å². The van der Waals surface area contributed by atoms with Crippen LogP contribution in [0.25, 0.3) is 0 Å². The molecule has 0 atom stereocenters. The van der Waals surface area contributed by atoms with E-state index in [9.17, 15) is 8.42 Å². The molecule has 3 N–H and O–H groups in total. The van der Waals surface area contributed by atoms with Gasteiger partial charge in [-0.25, -0.2) is 8.42 Å². The molecule has 5 nitrogen and oxygen atoms in total. The molecule has 0 spiro atoms. The second kappa shape index (κ2) is 6.33. The lowest BCUT2D eigenvalue weighted by molar-refractivity contribution is 0.177. The summed E-state index contributed by atoms with van der Waals surface area (Å²) in [5, 5.41) is 3.28. The molecule has 2 fully saturated rings. The zero-order chi connectivity index (χ0) is 14.6. The van der Waals surface area contributed by atoms with Gasteiger partial charge < -0.3 is 11.1 Å². The van der Waals surface area contributed by atoms with Crippen molar-refractivity contribution in [1.82, 2.24) is 5.32 Å². The van der Waals surface area contributed by atoms with E-state index in [4.69, 9.17) is 5.73 Å². The maximum Gasteiger partial charge on any atom is 0.188 e. The summed E-state index contributed by atoms with van der Waals surface area (Å²) in [6, 6.07) is 0.444. The van der Waals surface area contributed by atoms with Gasteiger partial charge in [0.05, 0.1) is 5.75 Å². The number of nitrogens with two attached hydrogens (primary N) is 1. The molecule has 0 bridgehead atoms. The van der Waals surface area contributed by atoms with Crippen LogP contribution in [0.4, 0.5) is 0 Å². The molecule has 20 heavy (non-hydrogen) atoms. The summed E-state index contributed by atoms with van der Waals surface area (Å²) in [5.74, 6) is 0.719. The Bertz CT molecular complexity index is 449. The molecule has 0 unspecified atom stereocenters. The number of aliphatic imine (C=N–C) groups is 1. The van der Waals surface area contributed by atoms with Gasteiger partial charge in [0.1, 0.15) is 9.84 Å². The molecule has 0 aromatic rings. The molecule has 0 heterocycles. The quantitative estimate of drug-likeness (QED) is 0.594. The highest BCUT2D eigenvalue weighted by Gasteiger charge is 2.39. The highest BCUT2D eigenvalue weighted by Crippen LogP contribution is 2.42. The molecule has 0 aliphatic heterocycles. The molecule has 2 aliphatic rings.